The van der Waals surface area contributed by atoms with E-state index in [1.54, 1.807) is 23.7 Å². The van der Waals surface area contributed by atoms with Gasteiger partial charge in [-0.15, -0.1) is 0 Å². The van der Waals surface area contributed by atoms with E-state index in [9.17, 15) is 9.59 Å². The molecule has 1 amide bonds. The number of hydrogen-bond donors (Lipinski definition) is 1. The van der Waals surface area contributed by atoms with Gasteiger partial charge in [-0.1, -0.05) is 29.6 Å². The Morgan fingerprint density at radius 2 is 2.12 bits per heavy atom. The van der Waals surface area contributed by atoms with Crippen molar-refractivity contribution in [2.75, 3.05) is 0 Å². The second kappa shape index (κ2) is 7.62. The van der Waals surface area contributed by atoms with E-state index >= 15 is 0 Å². The summed E-state index contributed by atoms with van der Waals surface area (Å²) >= 11 is 12.3. The molecule has 1 saturated carbocycles. The van der Waals surface area contributed by atoms with Crippen LogP contribution >= 0.6 is 23.2 Å². The molecule has 0 radical (unpaired) electrons. The minimum absolute atomic E-state index is 0.102. The molecule has 3 rings (SSSR count). The van der Waals surface area contributed by atoms with Gasteiger partial charge in [0.15, 0.2) is 0 Å². The Kier molecular flexibility index (Phi) is 5.47. The maximum Gasteiger partial charge on any atom is 0.323 e. The Morgan fingerprint density at radius 3 is 2.85 bits per heavy atom. The van der Waals surface area contributed by atoms with Crippen LogP contribution in [0.25, 0.3) is 16.4 Å². The number of aromatic nitrogens is 1. The summed E-state index contributed by atoms with van der Waals surface area (Å²) in [5, 5.41) is 4.59. The highest BCUT2D eigenvalue weighted by Gasteiger charge is 2.29. The summed E-state index contributed by atoms with van der Waals surface area (Å²) in [7, 11) is 1.80. The molecule has 6 nitrogen and oxygen atoms in total. The maximum absolute atomic E-state index is 12.7. The topological polar surface area (TPSA) is 87.5 Å². The standard InChI is InChI=1S/C18H18Cl2N4O2/c1-24-14-6-5-13(19)17(20)12(14)8-15(24)18(26)23-11-4-2-3-10(7-11)16(25)9-22-21/h5-6,8-11H,2-4,7H2,1H3,(H,23,26). The monoisotopic (exact) mass is 392 g/mol. The van der Waals surface area contributed by atoms with E-state index in [1.165, 1.54) is 0 Å². The Labute approximate surface area is 160 Å². The maximum atomic E-state index is 12.7. The van der Waals surface area contributed by atoms with Crippen LogP contribution in [-0.4, -0.2) is 33.3 Å². The number of nitrogens with zero attached hydrogens (tertiary/aromatic N) is 3. The number of Topliss-reactive ketones (excluding diaryl/α,β-unsaturated/α-hetero) is 1. The third-order valence-electron chi connectivity index (χ3n) is 4.94. The lowest BCUT2D eigenvalue weighted by atomic mass is 9.83. The number of halogens is 2. The van der Waals surface area contributed by atoms with Crippen LogP contribution in [0.4, 0.5) is 0 Å². The fraction of sp³-hybridized carbons (Fsp3) is 0.389. The van der Waals surface area contributed by atoms with E-state index in [-0.39, 0.29) is 23.7 Å². The second-order valence-electron chi connectivity index (χ2n) is 6.56. The lowest BCUT2D eigenvalue weighted by Gasteiger charge is -2.27. The molecule has 1 aliphatic rings. The van der Waals surface area contributed by atoms with Gasteiger partial charge in [-0.3, -0.25) is 9.59 Å². The molecule has 2 atom stereocenters. The van der Waals surface area contributed by atoms with Crippen molar-refractivity contribution in [2.45, 2.75) is 31.7 Å². The Bertz CT molecular complexity index is 931. The molecule has 1 aromatic heterocycles. The zero-order valence-corrected chi connectivity index (χ0v) is 15.7. The molecular weight excluding hydrogens is 375 g/mol. The summed E-state index contributed by atoms with van der Waals surface area (Å²) in [5.74, 6) is -0.659. The van der Waals surface area contributed by atoms with Crippen LogP contribution in [-0.2, 0) is 11.8 Å². The third-order valence-corrected chi connectivity index (χ3v) is 5.76. The van der Waals surface area contributed by atoms with Crippen LogP contribution in [0.5, 0.6) is 0 Å². The van der Waals surface area contributed by atoms with Crippen LogP contribution in [0.3, 0.4) is 0 Å². The van der Waals surface area contributed by atoms with E-state index in [0.717, 1.165) is 36.4 Å². The van der Waals surface area contributed by atoms with Gasteiger partial charge in [0.25, 0.3) is 5.91 Å². The minimum atomic E-state index is -0.231. The first-order valence-corrected chi connectivity index (χ1v) is 9.13. The van der Waals surface area contributed by atoms with E-state index in [1.807, 2.05) is 6.07 Å². The zero-order valence-electron chi connectivity index (χ0n) is 14.2. The highest BCUT2D eigenvalue weighted by molar-refractivity contribution is 6.45. The lowest BCUT2D eigenvalue weighted by Crippen LogP contribution is -2.40. The van der Waals surface area contributed by atoms with Crippen molar-refractivity contribution in [2.24, 2.45) is 13.0 Å². The largest absolute Gasteiger partial charge is 0.361 e. The van der Waals surface area contributed by atoms with Gasteiger partial charge in [-0.25, -0.2) is 0 Å². The number of carbonyl (C=O) groups is 2. The number of fused-ring (bicyclic) bond motifs is 1. The number of carbonyl (C=O) groups excluding carboxylic acids is 2. The van der Waals surface area contributed by atoms with Gasteiger partial charge >= 0.3 is 6.21 Å². The molecule has 1 aliphatic carbocycles. The van der Waals surface area contributed by atoms with Gasteiger partial charge in [0.2, 0.25) is 5.78 Å². The van der Waals surface area contributed by atoms with Crippen LogP contribution in [0.1, 0.15) is 36.2 Å². The molecule has 2 unspecified atom stereocenters. The van der Waals surface area contributed by atoms with Crippen LogP contribution in [0.15, 0.2) is 18.2 Å². The third kappa shape index (κ3) is 3.54. The fourth-order valence-electron chi connectivity index (χ4n) is 3.57. The predicted octanol–water partition coefficient (Wildman–Crippen LogP) is 3.64. The summed E-state index contributed by atoms with van der Waals surface area (Å²) in [6.07, 6.45) is 3.84. The fourth-order valence-corrected chi connectivity index (χ4v) is 3.95. The molecule has 26 heavy (non-hydrogen) atoms. The minimum Gasteiger partial charge on any atom is -0.361 e. The quantitative estimate of drug-likeness (QED) is 0.488. The van der Waals surface area contributed by atoms with Crippen LogP contribution in [0, 0.1) is 5.92 Å². The van der Waals surface area contributed by atoms with Crippen molar-refractivity contribution in [3.05, 3.63) is 39.5 Å². The van der Waals surface area contributed by atoms with Gasteiger partial charge in [0, 0.05) is 29.9 Å². The van der Waals surface area contributed by atoms with Gasteiger partial charge in [-0.05, 0) is 37.5 Å². The molecule has 1 fully saturated rings. The smallest absolute Gasteiger partial charge is 0.323 e. The molecule has 1 aromatic carbocycles. The van der Waals surface area contributed by atoms with E-state index in [4.69, 9.17) is 28.7 Å². The summed E-state index contributed by atoms with van der Waals surface area (Å²) in [6.45, 7) is 0. The molecule has 2 aromatic rings. The number of amides is 1. The van der Waals surface area contributed by atoms with Gasteiger partial charge < -0.3 is 15.4 Å². The van der Waals surface area contributed by atoms with Crippen molar-refractivity contribution < 1.29 is 14.4 Å². The molecule has 1 N–H and O–H groups in total. The normalized spacial score (nSPS) is 19.8. The zero-order chi connectivity index (χ0) is 18.8. The highest BCUT2D eigenvalue weighted by atomic mass is 35.5. The van der Waals surface area contributed by atoms with E-state index in [0.29, 0.717) is 22.2 Å². The molecule has 0 saturated heterocycles. The molecule has 1 heterocycles. The molecule has 0 spiro atoms. The molecule has 8 heteroatoms. The number of benzene rings is 1. The molecular formula is C18H18Cl2N4O2. The van der Waals surface area contributed by atoms with Crippen molar-refractivity contribution in [3.63, 3.8) is 0 Å². The SMILES string of the molecule is Cn1c(C(=O)NC2CCCC(C(=O)C=[N+]=[N-])C2)cc2c(Cl)c(Cl)ccc21. The van der Waals surface area contributed by atoms with Crippen LogP contribution < -0.4 is 5.32 Å². The molecule has 0 aliphatic heterocycles. The summed E-state index contributed by atoms with van der Waals surface area (Å²) in [4.78, 5) is 27.4. The van der Waals surface area contributed by atoms with E-state index in [2.05, 4.69) is 10.1 Å². The summed E-state index contributed by atoms with van der Waals surface area (Å²) in [6, 6.07) is 5.15. The van der Waals surface area contributed by atoms with Crippen LogP contribution in [0.2, 0.25) is 10.0 Å². The highest BCUT2D eigenvalue weighted by Crippen LogP contribution is 2.32. The first-order valence-electron chi connectivity index (χ1n) is 8.38. The van der Waals surface area contributed by atoms with Crippen molar-refractivity contribution >= 4 is 52.0 Å². The summed E-state index contributed by atoms with van der Waals surface area (Å²) in [5.41, 5.74) is 9.83. The number of rotatable bonds is 4. The van der Waals surface area contributed by atoms with Crippen molar-refractivity contribution in [3.8, 4) is 0 Å². The first kappa shape index (κ1) is 18.6. The Morgan fingerprint density at radius 1 is 1.35 bits per heavy atom. The Hall–Kier alpha value is -2.14. The average Bonchev–Trinajstić information content (AvgIpc) is 2.96. The summed E-state index contributed by atoms with van der Waals surface area (Å²) < 4.78 is 1.77. The van der Waals surface area contributed by atoms with Crippen molar-refractivity contribution in [1.29, 1.82) is 0 Å². The lowest BCUT2D eigenvalue weighted by molar-refractivity contribution is -0.120. The number of aryl methyl sites for hydroxylation is 1. The number of ketones is 1. The predicted molar refractivity (Wildman–Crippen MR) is 101 cm³/mol. The second-order valence-corrected chi connectivity index (χ2v) is 7.35. The molecule has 0 bridgehead atoms. The average molecular weight is 393 g/mol. The number of nitrogens with one attached hydrogen (secondary N) is 1. The van der Waals surface area contributed by atoms with Gasteiger partial charge in [0.05, 0.1) is 10.0 Å². The van der Waals surface area contributed by atoms with Gasteiger partial charge in [-0.2, -0.15) is 4.79 Å². The first-order chi connectivity index (χ1) is 12.4. The number of hydrogen-bond acceptors (Lipinski definition) is 2. The van der Waals surface area contributed by atoms with E-state index < -0.39 is 0 Å². The molecule has 136 valence electrons. The van der Waals surface area contributed by atoms with Crippen molar-refractivity contribution in [1.82, 2.24) is 9.88 Å². The Balaban J connectivity index is 1.79. The van der Waals surface area contributed by atoms with Gasteiger partial charge in [0.1, 0.15) is 5.69 Å².